The van der Waals surface area contributed by atoms with Crippen molar-refractivity contribution in [3.8, 4) is 5.69 Å². The van der Waals surface area contributed by atoms with Crippen LogP contribution in [0.4, 0.5) is 5.82 Å². The molecule has 0 atom stereocenters. The number of imidazole rings is 1. The first-order chi connectivity index (χ1) is 14.0. The van der Waals surface area contributed by atoms with Gasteiger partial charge in [0.15, 0.2) is 17.3 Å². The molecule has 0 saturated carbocycles. The van der Waals surface area contributed by atoms with Crippen molar-refractivity contribution in [1.29, 1.82) is 0 Å². The molecule has 0 bridgehead atoms. The zero-order chi connectivity index (χ0) is 20.1. The van der Waals surface area contributed by atoms with Gasteiger partial charge in [0.05, 0.1) is 23.6 Å². The van der Waals surface area contributed by atoms with Gasteiger partial charge >= 0.3 is 0 Å². The number of para-hydroxylation sites is 1. The molecule has 4 heterocycles. The van der Waals surface area contributed by atoms with Gasteiger partial charge in [-0.2, -0.15) is 5.10 Å². The fourth-order valence-electron chi connectivity index (χ4n) is 3.41. The molecule has 10 heteroatoms. The Kier molecular flexibility index (Phi) is 3.85. The fraction of sp³-hybridized carbons (Fsp3) is 0.105. The van der Waals surface area contributed by atoms with Crippen LogP contribution in [0.15, 0.2) is 54.0 Å². The Balaban J connectivity index is 1.78. The number of hydrogen-bond acceptors (Lipinski definition) is 6. The van der Waals surface area contributed by atoms with Crippen molar-refractivity contribution in [2.75, 3.05) is 5.73 Å². The minimum absolute atomic E-state index is 0.252. The summed E-state index contributed by atoms with van der Waals surface area (Å²) in [4.78, 5) is 25.9. The molecule has 0 radical (unpaired) electrons. The first-order valence-corrected chi connectivity index (χ1v) is 9.18. The van der Waals surface area contributed by atoms with E-state index in [0.717, 1.165) is 11.3 Å². The Morgan fingerprint density at radius 1 is 1.14 bits per heavy atom. The molecule has 5 rings (SSSR count). The maximum atomic E-state index is 13.4. The molecule has 0 aliphatic carbocycles. The third-order valence-electron chi connectivity index (χ3n) is 4.80. The minimum atomic E-state index is -0.252. The Hall–Kier alpha value is -3.72. The summed E-state index contributed by atoms with van der Waals surface area (Å²) in [6.07, 6.45) is 4.65. The largest absolute Gasteiger partial charge is 0.382 e. The lowest BCUT2D eigenvalue weighted by molar-refractivity contribution is 0.669. The quantitative estimate of drug-likeness (QED) is 0.492. The number of fused-ring (bicyclic) bond motifs is 2. The van der Waals surface area contributed by atoms with Gasteiger partial charge in [-0.25, -0.2) is 19.5 Å². The maximum absolute atomic E-state index is 13.4. The van der Waals surface area contributed by atoms with E-state index in [9.17, 15) is 4.79 Å². The van der Waals surface area contributed by atoms with Gasteiger partial charge in [0.25, 0.3) is 5.56 Å². The first-order valence-electron chi connectivity index (χ1n) is 8.80. The zero-order valence-electron chi connectivity index (χ0n) is 15.3. The highest BCUT2D eigenvalue weighted by Crippen LogP contribution is 2.20. The third kappa shape index (κ3) is 2.66. The summed E-state index contributed by atoms with van der Waals surface area (Å²) in [5.41, 5.74) is 8.69. The lowest BCUT2D eigenvalue weighted by Gasteiger charge is -2.15. The van der Waals surface area contributed by atoms with Crippen LogP contribution in [-0.2, 0) is 6.54 Å². The number of nitrogens with two attached hydrogens (primary N) is 1. The average molecular weight is 407 g/mol. The van der Waals surface area contributed by atoms with E-state index in [1.165, 1.54) is 10.8 Å². The predicted molar refractivity (Wildman–Crippen MR) is 109 cm³/mol. The third-order valence-corrected chi connectivity index (χ3v) is 5.11. The monoisotopic (exact) mass is 406 g/mol. The van der Waals surface area contributed by atoms with Crippen molar-refractivity contribution in [3.05, 3.63) is 75.9 Å². The topological polar surface area (TPSA) is 109 Å². The van der Waals surface area contributed by atoms with E-state index < -0.39 is 0 Å². The lowest BCUT2D eigenvalue weighted by Crippen LogP contribution is -2.28. The molecule has 0 amide bonds. The standard InChI is InChI=1S/C19H15ClN8O/c1-11-4-2-3-5-13(11)28-14(25-27-7-6-12(20)16(27)19(28)29)8-26-10-24-15-17(21)22-9-23-18(15)26/h2-7,9-10H,8H2,1H3,(H2,21,22,23). The molecule has 0 spiro atoms. The predicted octanol–water partition coefficient (Wildman–Crippen LogP) is 2.22. The fourth-order valence-corrected chi connectivity index (χ4v) is 3.63. The number of hydrogen-bond donors (Lipinski definition) is 1. The number of nitrogen functional groups attached to an aromatic ring is 1. The first kappa shape index (κ1) is 17.4. The molecule has 5 aromatic rings. The van der Waals surface area contributed by atoms with Gasteiger partial charge in [0.2, 0.25) is 0 Å². The van der Waals surface area contributed by atoms with Crippen LogP contribution in [0, 0.1) is 6.92 Å². The number of anilines is 1. The lowest BCUT2D eigenvalue weighted by atomic mass is 10.2. The summed E-state index contributed by atoms with van der Waals surface area (Å²) in [5, 5.41) is 5.00. The summed E-state index contributed by atoms with van der Waals surface area (Å²) in [5.74, 6) is 0.797. The Bertz CT molecular complexity index is 1450. The Morgan fingerprint density at radius 2 is 1.97 bits per heavy atom. The number of nitrogens with zero attached hydrogens (tertiary/aromatic N) is 7. The molecule has 4 aromatic heterocycles. The van der Waals surface area contributed by atoms with E-state index >= 15 is 0 Å². The van der Waals surface area contributed by atoms with E-state index in [4.69, 9.17) is 17.3 Å². The molecule has 0 fully saturated rings. The van der Waals surface area contributed by atoms with Crippen LogP contribution < -0.4 is 11.3 Å². The molecule has 0 saturated heterocycles. The number of rotatable bonds is 3. The van der Waals surface area contributed by atoms with Crippen LogP contribution in [0.5, 0.6) is 0 Å². The van der Waals surface area contributed by atoms with Gasteiger partial charge in [-0.3, -0.25) is 9.36 Å². The molecule has 0 unspecified atom stereocenters. The number of aryl methyl sites for hydroxylation is 1. The van der Waals surface area contributed by atoms with E-state index in [-0.39, 0.29) is 12.1 Å². The maximum Gasteiger partial charge on any atom is 0.284 e. The van der Waals surface area contributed by atoms with Crippen molar-refractivity contribution in [3.63, 3.8) is 0 Å². The van der Waals surface area contributed by atoms with E-state index in [1.54, 1.807) is 27.7 Å². The zero-order valence-corrected chi connectivity index (χ0v) is 16.1. The SMILES string of the molecule is Cc1ccccc1-n1c(Cn2cnc3c(N)ncnc32)nn2ccc(Cl)c2c1=O. The van der Waals surface area contributed by atoms with E-state index in [0.29, 0.717) is 33.3 Å². The van der Waals surface area contributed by atoms with Gasteiger partial charge in [0.1, 0.15) is 17.4 Å². The van der Waals surface area contributed by atoms with Gasteiger partial charge < -0.3 is 10.3 Å². The Morgan fingerprint density at radius 3 is 2.79 bits per heavy atom. The molecular formula is C19H15ClN8O. The van der Waals surface area contributed by atoms with Crippen molar-refractivity contribution < 1.29 is 0 Å². The highest BCUT2D eigenvalue weighted by atomic mass is 35.5. The van der Waals surface area contributed by atoms with Crippen LogP contribution in [-0.4, -0.2) is 33.7 Å². The highest BCUT2D eigenvalue weighted by Gasteiger charge is 2.18. The van der Waals surface area contributed by atoms with E-state index in [1.807, 2.05) is 31.2 Å². The summed E-state index contributed by atoms with van der Waals surface area (Å²) in [6, 6.07) is 9.26. The van der Waals surface area contributed by atoms with Crippen LogP contribution in [0.25, 0.3) is 22.4 Å². The molecular weight excluding hydrogens is 392 g/mol. The molecule has 9 nitrogen and oxygen atoms in total. The van der Waals surface area contributed by atoms with E-state index in [2.05, 4.69) is 20.1 Å². The normalized spacial score (nSPS) is 11.5. The van der Waals surface area contributed by atoms with Crippen molar-refractivity contribution in [2.24, 2.45) is 0 Å². The van der Waals surface area contributed by atoms with Crippen molar-refractivity contribution >= 4 is 34.1 Å². The molecule has 1 aromatic carbocycles. The molecule has 0 aliphatic heterocycles. The van der Waals surface area contributed by atoms with Crippen LogP contribution in [0.2, 0.25) is 5.02 Å². The summed E-state index contributed by atoms with van der Waals surface area (Å²) in [7, 11) is 0. The Labute approximate surface area is 169 Å². The average Bonchev–Trinajstić information content (AvgIpc) is 3.28. The molecule has 2 N–H and O–H groups in total. The van der Waals surface area contributed by atoms with Gasteiger partial charge in [-0.1, -0.05) is 29.8 Å². The molecule has 144 valence electrons. The smallest absolute Gasteiger partial charge is 0.284 e. The van der Waals surface area contributed by atoms with Gasteiger partial charge in [-0.15, -0.1) is 0 Å². The molecule has 29 heavy (non-hydrogen) atoms. The van der Waals surface area contributed by atoms with Crippen LogP contribution in [0.1, 0.15) is 11.4 Å². The summed E-state index contributed by atoms with van der Waals surface area (Å²) < 4.78 is 4.85. The second-order valence-corrected chi connectivity index (χ2v) is 7.01. The van der Waals surface area contributed by atoms with Crippen LogP contribution in [0.3, 0.4) is 0 Å². The van der Waals surface area contributed by atoms with Crippen LogP contribution >= 0.6 is 11.6 Å². The number of aromatic nitrogens is 7. The minimum Gasteiger partial charge on any atom is -0.382 e. The number of halogens is 1. The second-order valence-electron chi connectivity index (χ2n) is 6.60. The van der Waals surface area contributed by atoms with Gasteiger partial charge in [-0.05, 0) is 24.6 Å². The highest BCUT2D eigenvalue weighted by molar-refractivity contribution is 6.33. The summed E-state index contributed by atoms with van der Waals surface area (Å²) in [6.45, 7) is 2.19. The van der Waals surface area contributed by atoms with Crippen molar-refractivity contribution in [1.82, 2.24) is 33.7 Å². The number of benzene rings is 1. The summed E-state index contributed by atoms with van der Waals surface area (Å²) >= 11 is 6.25. The second kappa shape index (κ2) is 6.42. The van der Waals surface area contributed by atoms with Crippen molar-refractivity contribution in [2.45, 2.75) is 13.5 Å². The van der Waals surface area contributed by atoms with Gasteiger partial charge in [0, 0.05) is 6.20 Å². The molecule has 0 aliphatic rings.